The summed E-state index contributed by atoms with van der Waals surface area (Å²) in [6.07, 6.45) is 2.75. The van der Waals surface area contributed by atoms with E-state index in [1.54, 1.807) is 7.11 Å². The molecule has 1 aliphatic heterocycles. The van der Waals surface area contributed by atoms with Crippen LogP contribution in [0.5, 0.6) is 5.75 Å². The Hall–Kier alpha value is -4.95. The predicted molar refractivity (Wildman–Crippen MR) is 160 cm³/mol. The molecule has 42 heavy (non-hydrogen) atoms. The molecular weight excluding hydrogens is 528 g/mol. The van der Waals surface area contributed by atoms with Crippen molar-refractivity contribution in [3.8, 4) is 5.75 Å². The van der Waals surface area contributed by atoms with Crippen LogP contribution in [0.1, 0.15) is 46.6 Å². The normalized spacial score (nSPS) is 15.7. The van der Waals surface area contributed by atoms with E-state index >= 15 is 0 Å². The summed E-state index contributed by atoms with van der Waals surface area (Å²) in [4.78, 5) is 14.8. The van der Waals surface area contributed by atoms with Crippen molar-refractivity contribution in [1.82, 2.24) is 19.9 Å². The van der Waals surface area contributed by atoms with Crippen LogP contribution in [0.15, 0.2) is 88.2 Å². The number of aromatic amines is 1. The first-order chi connectivity index (χ1) is 20.7. The Morgan fingerprint density at radius 2 is 1.88 bits per heavy atom. The van der Waals surface area contributed by atoms with Crippen molar-refractivity contribution in [2.75, 3.05) is 7.11 Å². The van der Waals surface area contributed by atoms with Gasteiger partial charge in [-0.25, -0.2) is 9.48 Å². The number of ether oxygens (including phenoxy) is 2. The van der Waals surface area contributed by atoms with Crippen LogP contribution in [0.4, 0.5) is 0 Å². The Morgan fingerprint density at radius 1 is 1.02 bits per heavy atom. The zero-order valence-electron chi connectivity index (χ0n) is 23.1. The molecule has 8 rings (SSSR count). The molecule has 6 aromatic rings. The van der Waals surface area contributed by atoms with E-state index in [0.29, 0.717) is 31.5 Å². The number of hydrogen-bond acceptors (Lipinski definition) is 6. The largest absolute Gasteiger partial charge is 0.488 e. The number of H-pyrrole nitrogens is 1. The third-order valence-corrected chi connectivity index (χ3v) is 8.29. The molecule has 1 aliphatic carbocycles. The molecule has 0 spiro atoms. The van der Waals surface area contributed by atoms with Gasteiger partial charge in [0.15, 0.2) is 5.82 Å². The van der Waals surface area contributed by atoms with Crippen molar-refractivity contribution in [3.05, 3.63) is 123 Å². The highest BCUT2D eigenvalue weighted by molar-refractivity contribution is 6.07. The summed E-state index contributed by atoms with van der Waals surface area (Å²) in [6.45, 7) is 0.799. The average molecular weight is 557 g/mol. The topological polar surface area (TPSA) is 95.2 Å². The third-order valence-electron chi connectivity index (χ3n) is 8.29. The Kier molecular flexibility index (Phi) is 5.82. The molecule has 0 radical (unpaired) electrons. The Bertz CT molecular complexity index is 2080. The highest BCUT2D eigenvalue weighted by atomic mass is 16.5. The van der Waals surface area contributed by atoms with Crippen LogP contribution < -0.4 is 10.5 Å². The highest BCUT2D eigenvalue weighted by Crippen LogP contribution is 2.49. The fourth-order valence-electron chi connectivity index (χ4n) is 6.31. The number of allylic oxidation sites excluding steroid dienone is 1. The summed E-state index contributed by atoms with van der Waals surface area (Å²) in [5.74, 6) is 1.04. The highest BCUT2D eigenvalue weighted by Gasteiger charge is 2.35. The van der Waals surface area contributed by atoms with Crippen molar-refractivity contribution in [2.24, 2.45) is 5.92 Å². The van der Waals surface area contributed by atoms with Crippen molar-refractivity contribution in [2.45, 2.75) is 32.6 Å². The van der Waals surface area contributed by atoms with Gasteiger partial charge in [0.25, 0.3) is 0 Å². The van der Waals surface area contributed by atoms with Crippen molar-refractivity contribution < 1.29 is 14.0 Å². The summed E-state index contributed by atoms with van der Waals surface area (Å²) in [5.41, 5.74) is 8.40. The molecule has 0 amide bonds. The molecule has 0 unspecified atom stereocenters. The maximum atomic E-state index is 12.0. The molecule has 3 heterocycles. The second-order valence-electron chi connectivity index (χ2n) is 11.0. The lowest BCUT2D eigenvalue weighted by molar-refractivity contribution is 0.119. The number of aromatic nitrogens is 4. The molecule has 1 saturated carbocycles. The zero-order chi connectivity index (χ0) is 28.2. The fraction of sp³-hybridized carbons (Fsp3) is 0.206. The summed E-state index contributed by atoms with van der Waals surface area (Å²) in [6, 6.07) is 27.3. The van der Waals surface area contributed by atoms with E-state index < -0.39 is 5.76 Å². The number of nitrogens with zero attached hydrogens (tertiary/aromatic N) is 3. The third kappa shape index (κ3) is 4.14. The number of rotatable bonds is 6. The molecule has 8 nitrogen and oxygen atoms in total. The fourth-order valence-corrected chi connectivity index (χ4v) is 6.31. The summed E-state index contributed by atoms with van der Waals surface area (Å²) in [7, 11) is 1.69. The quantitative estimate of drug-likeness (QED) is 0.258. The summed E-state index contributed by atoms with van der Waals surface area (Å²) >= 11 is 0. The van der Waals surface area contributed by atoms with Crippen LogP contribution in [0.2, 0.25) is 0 Å². The van der Waals surface area contributed by atoms with Gasteiger partial charge < -0.3 is 9.47 Å². The molecule has 0 bridgehead atoms. The van der Waals surface area contributed by atoms with Gasteiger partial charge in [-0.3, -0.25) is 9.51 Å². The Balaban J connectivity index is 1.30. The molecule has 2 aliphatic rings. The molecule has 1 N–H and O–H groups in total. The minimum atomic E-state index is -0.551. The van der Waals surface area contributed by atoms with E-state index in [1.165, 1.54) is 10.8 Å². The van der Waals surface area contributed by atoms with Gasteiger partial charge in [-0.05, 0) is 58.4 Å². The monoisotopic (exact) mass is 556 g/mol. The zero-order valence-corrected chi connectivity index (χ0v) is 23.1. The maximum absolute atomic E-state index is 12.0. The number of hydrogen-bond donors (Lipinski definition) is 1. The Labute approximate surface area is 241 Å². The molecule has 1 fully saturated rings. The van der Waals surface area contributed by atoms with Gasteiger partial charge in [-0.2, -0.15) is 5.10 Å². The number of benzene rings is 4. The van der Waals surface area contributed by atoms with Crippen LogP contribution >= 0.6 is 0 Å². The van der Waals surface area contributed by atoms with Crippen molar-refractivity contribution in [1.29, 1.82) is 0 Å². The van der Waals surface area contributed by atoms with Gasteiger partial charge in [0, 0.05) is 35.6 Å². The maximum Gasteiger partial charge on any atom is 0.439 e. The molecule has 4 aromatic carbocycles. The molecule has 8 heteroatoms. The first kappa shape index (κ1) is 24.8. The Morgan fingerprint density at radius 3 is 2.71 bits per heavy atom. The lowest BCUT2D eigenvalue weighted by Gasteiger charge is -2.16. The minimum Gasteiger partial charge on any atom is -0.488 e. The predicted octanol–water partition coefficient (Wildman–Crippen LogP) is 6.32. The van der Waals surface area contributed by atoms with E-state index in [2.05, 4.69) is 70.8 Å². The molecule has 208 valence electrons. The van der Waals surface area contributed by atoms with E-state index in [4.69, 9.17) is 19.1 Å². The molecule has 0 atom stereocenters. The van der Waals surface area contributed by atoms with Gasteiger partial charge >= 0.3 is 5.76 Å². The SMILES string of the molecule is COCn1nc2ccc3ccccc3c2c1Cc1ccc2c(c1)COc1ccccc1/C2=C(/c1noc(=O)[nH]1)C1CC1. The molecule has 0 saturated heterocycles. The van der Waals surface area contributed by atoms with Crippen LogP contribution in [-0.4, -0.2) is 27.0 Å². The minimum absolute atomic E-state index is 0.294. The number of fused-ring (bicyclic) bond motifs is 5. The second-order valence-corrected chi connectivity index (χ2v) is 11.0. The first-order valence-corrected chi connectivity index (χ1v) is 14.2. The average Bonchev–Trinajstić information content (AvgIpc) is 3.70. The summed E-state index contributed by atoms with van der Waals surface area (Å²) in [5, 5.41) is 12.5. The number of nitrogens with one attached hydrogen (secondary N) is 1. The first-order valence-electron chi connectivity index (χ1n) is 14.2. The number of methoxy groups -OCH3 is 1. The van der Waals surface area contributed by atoms with Crippen LogP contribution in [-0.2, 0) is 24.5 Å². The van der Waals surface area contributed by atoms with Gasteiger partial charge in [0.1, 0.15) is 19.1 Å². The van der Waals surface area contributed by atoms with Crippen LogP contribution in [0, 0.1) is 5.92 Å². The van der Waals surface area contributed by atoms with Crippen LogP contribution in [0.3, 0.4) is 0 Å². The van der Waals surface area contributed by atoms with E-state index in [9.17, 15) is 4.79 Å². The van der Waals surface area contributed by atoms with Crippen molar-refractivity contribution >= 4 is 32.8 Å². The molecule has 2 aromatic heterocycles. The second kappa shape index (κ2) is 9.85. The van der Waals surface area contributed by atoms with Crippen LogP contribution in [0.25, 0.3) is 32.8 Å². The van der Waals surface area contributed by atoms with E-state index in [0.717, 1.165) is 68.6 Å². The lowest BCUT2D eigenvalue weighted by atomic mass is 9.87. The molecular formula is C34H28N4O4. The summed E-state index contributed by atoms with van der Waals surface area (Å²) < 4.78 is 18.8. The van der Waals surface area contributed by atoms with E-state index in [1.807, 2.05) is 22.9 Å². The van der Waals surface area contributed by atoms with Gasteiger partial charge in [-0.1, -0.05) is 71.9 Å². The smallest absolute Gasteiger partial charge is 0.439 e. The van der Waals surface area contributed by atoms with Gasteiger partial charge in [0.05, 0.1) is 11.2 Å². The van der Waals surface area contributed by atoms with E-state index in [-0.39, 0.29) is 0 Å². The van der Waals surface area contributed by atoms with Gasteiger partial charge in [0.2, 0.25) is 0 Å². The standard InChI is InChI=1S/C34H28N4O4/c1-40-19-38-28(32-24-7-3-2-6-21(24)13-15-27(32)36-38)17-20-10-14-25-23(16-20)18-41-29-9-5-4-8-26(29)31(25)30(22-11-12-22)33-35-34(39)42-37-33/h2-10,13-16,22H,11-12,17-19H2,1H3,(H,35,37,39)/b31-30+. The lowest BCUT2D eigenvalue weighted by Crippen LogP contribution is -2.08. The van der Waals surface area contributed by atoms with Gasteiger partial charge in [-0.15, -0.1) is 0 Å². The number of para-hydroxylation sites is 1. The van der Waals surface area contributed by atoms with Crippen molar-refractivity contribution in [3.63, 3.8) is 0 Å².